The second kappa shape index (κ2) is 8.37. The van der Waals surface area contributed by atoms with Gasteiger partial charge in [-0.25, -0.2) is 0 Å². The van der Waals surface area contributed by atoms with Gasteiger partial charge in [-0.2, -0.15) is 0 Å². The van der Waals surface area contributed by atoms with Crippen molar-refractivity contribution in [3.63, 3.8) is 0 Å². The lowest BCUT2D eigenvalue weighted by Gasteiger charge is -2.31. The molecule has 0 amide bonds. The minimum absolute atomic E-state index is 0.135. The maximum Gasteiger partial charge on any atom is 0.272 e. The third kappa shape index (κ3) is 4.99. The van der Waals surface area contributed by atoms with Gasteiger partial charge in [0.15, 0.2) is 0 Å². The number of hydrogen-bond acceptors (Lipinski definition) is 3. The zero-order valence-corrected chi connectivity index (χ0v) is 14.6. The quantitative estimate of drug-likeness (QED) is 0.344. The molecule has 0 aromatic heterocycles. The summed E-state index contributed by atoms with van der Waals surface area (Å²) in [5, 5.41) is 11.7. The molecule has 0 unspecified atom stereocenters. The first-order valence-corrected chi connectivity index (χ1v) is 8.54. The highest BCUT2D eigenvalue weighted by Gasteiger charge is 2.28. The van der Waals surface area contributed by atoms with Crippen molar-refractivity contribution in [1.29, 1.82) is 0 Å². The third-order valence-electron chi connectivity index (χ3n) is 3.75. The SMILES string of the molecule is CCCC(CBr)(CCC)COc1ccc([N+](=O)[O-])c(C)c1. The number of nitro groups is 1. The first-order chi connectivity index (χ1) is 9.98. The van der Waals surface area contributed by atoms with E-state index < -0.39 is 0 Å². The van der Waals surface area contributed by atoms with E-state index in [1.54, 1.807) is 19.1 Å². The maximum absolute atomic E-state index is 10.8. The van der Waals surface area contributed by atoms with Gasteiger partial charge in [0, 0.05) is 22.4 Å². The Morgan fingerprint density at radius 3 is 2.33 bits per heavy atom. The lowest BCUT2D eigenvalue weighted by atomic mass is 9.82. The molecule has 0 saturated heterocycles. The zero-order chi connectivity index (χ0) is 15.9. The zero-order valence-electron chi connectivity index (χ0n) is 13.0. The summed E-state index contributed by atoms with van der Waals surface area (Å²) in [6.45, 7) is 6.74. The van der Waals surface area contributed by atoms with Gasteiger partial charge in [-0.1, -0.05) is 42.6 Å². The lowest BCUT2D eigenvalue weighted by molar-refractivity contribution is -0.385. The van der Waals surface area contributed by atoms with Gasteiger partial charge in [-0.3, -0.25) is 10.1 Å². The molecular formula is C16H24BrNO3. The van der Waals surface area contributed by atoms with Crippen molar-refractivity contribution >= 4 is 21.6 Å². The molecule has 0 atom stereocenters. The number of aryl methyl sites for hydroxylation is 1. The molecule has 1 aromatic rings. The van der Waals surface area contributed by atoms with E-state index in [4.69, 9.17) is 4.74 Å². The van der Waals surface area contributed by atoms with E-state index in [1.165, 1.54) is 6.07 Å². The summed E-state index contributed by atoms with van der Waals surface area (Å²) in [5.74, 6) is 0.704. The molecule has 0 spiro atoms. The second-order valence-corrected chi connectivity index (χ2v) is 6.19. The standard InChI is InChI=1S/C16H24BrNO3/c1-4-8-16(11-17,9-5-2)12-21-14-6-7-15(18(19)20)13(3)10-14/h6-7,10H,4-5,8-9,11-12H2,1-3H3. The van der Waals surface area contributed by atoms with Gasteiger partial charge in [0.2, 0.25) is 0 Å². The largest absolute Gasteiger partial charge is 0.493 e. The highest BCUT2D eigenvalue weighted by molar-refractivity contribution is 9.09. The van der Waals surface area contributed by atoms with Crippen LogP contribution in [0.1, 0.15) is 45.1 Å². The molecule has 0 N–H and O–H groups in total. The summed E-state index contributed by atoms with van der Waals surface area (Å²) in [6.07, 6.45) is 4.46. The van der Waals surface area contributed by atoms with Gasteiger partial charge in [-0.15, -0.1) is 0 Å². The van der Waals surface area contributed by atoms with Crippen molar-refractivity contribution in [2.75, 3.05) is 11.9 Å². The third-order valence-corrected chi connectivity index (χ3v) is 4.94. The first kappa shape index (κ1) is 18.0. The van der Waals surface area contributed by atoms with E-state index >= 15 is 0 Å². The molecule has 0 aliphatic heterocycles. The van der Waals surface area contributed by atoms with E-state index in [9.17, 15) is 10.1 Å². The molecule has 0 bridgehead atoms. The molecule has 118 valence electrons. The maximum atomic E-state index is 10.8. The van der Waals surface area contributed by atoms with E-state index in [-0.39, 0.29) is 16.0 Å². The number of ether oxygens (including phenoxy) is 1. The van der Waals surface area contributed by atoms with Gasteiger partial charge < -0.3 is 4.74 Å². The average molecular weight is 358 g/mol. The Bertz CT molecular complexity index is 471. The summed E-state index contributed by atoms with van der Waals surface area (Å²) in [5.41, 5.74) is 0.906. The van der Waals surface area contributed by atoms with Gasteiger partial charge >= 0.3 is 0 Å². The summed E-state index contributed by atoms with van der Waals surface area (Å²) < 4.78 is 5.93. The molecule has 5 heteroatoms. The van der Waals surface area contributed by atoms with Crippen molar-refractivity contribution in [3.05, 3.63) is 33.9 Å². The Morgan fingerprint density at radius 1 is 1.29 bits per heavy atom. The lowest BCUT2D eigenvalue weighted by Crippen LogP contribution is -2.30. The monoisotopic (exact) mass is 357 g/mol. The molecular weight excluding hydrogens is 334 g/mol. The van der Waals surface area contributed by atoms with Crippen molar-refractivity contribution < 1.29 is 9.66 Å². The Kier molecular flexibility index (Phi) is 7.15. The minimum atomic E-state index is -0.365. The van der Waals surface area contributed by atoms with Crippen LogP contribution in [0.3, 0.4) is 0 Å². The van der Waals surface area contributed by atoms with Crippen LogP contribution in [0.4, 0.5) is 5.69 Å². The van der Waals surface area contributed by atoms with Crippen LogP contribution >= 0.6 is 15.9 Å². The summed E-state index contributed by atoms with van der Waals surface area (Å²) in [7, 11) is 0. The fourth-order valence-electron chi connectivity index (χ4n) is 2.66. The van der Waals surface area contributed by atoms with Crippen LogP contribution in [0.25, 0.3) is 0 Å². The number of nitro benzene ring substituents is 1. The molecule has 1 aromatic carbocycles. The van der Waals surface area contributed by atoms with Crippen LogP contribution in [0.15, 0.2) is 18.2 Å². The van der Waals surface area contributed by atoms with Crippen molar-refractivity contribution in [2.45, 2.75) is 46.5 Å². The summed E-state index contributed by atoms with van der Waals surface area (Å²) >= 11 is 3.62. The van der Waals surface area contributed by atoms with Crippen molar-refractivity contribution in [2.24, 2.45) is 5.41 Å². The van der Waals surface area contributed by atoms with Crippen LogP contribution in [0.2, 0.25) is 0 Å². The number of hydrogen-bond donors (Lipinski definition) is 0. The van der Waals surface area contributed by atoms with Gasteiger partial charge in [0.25, 0.3) is 5.69 Å². The van der Waals surface area contributed by atoms with E-state index in [1.807, 2.05) is 0 Å². The Morgan fingerprint density at radius 2 is 1.90 bits per heavy atom. The van der Waals surface area contributed by atoms with Crippen molar-refractivity contribution in [1.82, 2.24) is 0 Å². The van der Waals surface area contributed by atoms with Crippen LogP contribution in [-0.4, -0.2) is 16.9 Å². The van der Waals surface area contributed by atoms with Crippen LogP contribution < -0.4 is 4.74 Å². The highest BCUT2D eigenvalue weighted by atomic mass is 79.9. The summed E-state index contributed by atoms with van der Waals surface area (Å²) in [6, 6.07) is 4.94. The van der Waals surface area contributed by atoms with E-state index in [0.29, 0.717) is 17.9 Å². The van der Waals surface area contributed by atoms with Gasteiger partial charge in [0.1, 0.15) is 5.75 Å². The fourth-order valence-corrected chi connectivity index (χ4v) is 3.38. The molecule has 0 radical (unpaired) electrons. The topological polar surface area (TPSA) is 52.4 Å². The Hall–Kier alpha value is -1.10. The van der Waals surface area contributed by atoms with Crippen LogP contribution in [0, 0.1) is 22.5 Å². The van der Waals surface area contributed by atoms with Gasteiger partial charge in [0.05, 0.1) is 11.5 Å². The smallest absolute Gasteiger partial charge is 0.272 e. The van der Waals surface area contributed by atoms with Crippen molar-refractivity contribution in [3.8, 4) is 5.75 Å². The second-order valence-electron chi connectivity index (χ2n) is 5.63. The fraction of sp³-hybridized carbons (Fsp3) is 0.625. The molecule has 1 rings (SSSR count). The number of rotatable bonds is 9. The first-order valence-electron chi connectivity index (χ1n) is 7.42. The van der Waals surface area contributed by atoms with Crippen LogP contribution in [-0.2, 0) is 0 Å². The number of nitrogens with zero attached hydrogens (tertiary/aromatic N) is 1. The molecule has 0 aliphatic carbocycles. The van der Waals surface area contributed by atoms with Gasteiger partial charge in [-0.05, 0) is 31.9 Å². The molecule has 0 aliphatic rings. The Balaban J connectivity index is 2.80. The van der Waals surface area contributed by atoms with E-state index in [0.717, 1.165) is 31.0 Å². The number of alkyl halides is 1. The van der Waals surface area contributed by atoms with E-state index in [2.05, 4.69) is 29.8 Å². The molecule has 0 saturated carbocycles. The predicted octanol–water partition coefficient (Wildman–Crippen LogP) is 5.26. The molecule has 0 fully saturated rings. The highest BCUT2D eigenvalue weighted by Crippen LogP contribution is 2.33. The van der Waals surface area contributed by atoms with Crippen LogP contribution in [0.5, 0.6) is 5.75 Å². The molecule has 21 heavy (non-hydrogen) atoms. The minimum Gasteiger partial charge on any atom is -0.493 e. The average Bonchev–Trinajstić information content (AvgIpc) is 2.45. The Labute approximate surface area is 135 Å². The molecule has 0 heterocycles. The number of benzene rings is 1. The number of halogens is 1. The predicted molar refractivity (Wildman–Crippen MR) is 89.4 cm³/mol. The normalized spacial score (nSPS) is 11.4. The molecule has 4 nitrogen and oxygen atoms in total. The summed E-state index contributed by atoms with van der Waals surface area (Å²) in [4.78, 5) is 10.5.